The SMILES string of the molecule is CCn1cc(C(CN)N(C)CC2CCCN2C)cn1. The number of nitrogens with two attached hydrogens (primary N) is 1. The van der Waals surface area contributed by atoms with E-state index in [9.17, 15) is 0 Å². The first kappa shape index (κ1) is 14.5. The molecular weight excluding hydrogens is 238 g/mol. The van der Waals surface area contributed by atoms with Gasteiger partial charge in [-0.15, -0.1) is 0 Å². The maximum atomic E-state index is 5.97. The molecule has 2 heterocycles. The third kappa shape index (κ3) is 3.35. The summed E-state index contributed by atoms with van der Waals surface area (Å²) in [4.78, 5) is 4.84. The smallest absolute Gasteiger partial charge is 0.0538 e. The molecule has 1 saturated heterocycles. The lowest BCUT2D eigenvalue weighted by atomic mass is 10.1. The third-order valence-electron chi connectivity index (χ3n) is 4.29. The van der Waals surface area contributed by atoms with Gasteiger partial charge in [0.1, 0.15) is 0 Å². The highest BCUT2D eigenvalue weighted by Gasteiger charge is 2.25. The van der Waals surface area contributed by atoms with E-state index in [2.05, 4.69) is 42.1 Å². The van der Waals surface area contributed by atoms with Crippen LogP contribution < -0.4 is 5.73 Å². The topological polar surface area (TPSA) is 50.3 Å². The van der Waals surface area contributed by atoms with Crippen LogP contribution in [0, 0.1) is 0 Å². The molecule has 5 nitrogen and oxygen atoms in total. The second kappa shape index (κ2) is 6.50. The van der Waals surface area contributed by atoms with Crippen molar-refractivity contribution in [1.29, 1.82) is 0 Å². The van der Waals surface area contributed by atoms with Gasteiger partial charge in [0.15, 0.2) is 0 Å². The number of likely N-dealkylation sites (N-methyl/N-ethyl adjacent to an activating group) is 2. The van der Waals surface area contributed by atoms with Crippen LogP contribution in [0.5, 0.6) is 0 Å². The highest BCUT2D eigenvalue weighted by molar-refractivity contribution is 5.11. The quantitative estimate of drug-likeness (QED) is 0.831. The predicted octanol–water partition coefficient (Wildman–Crippen LogP) is 0.929. The number of rotatable bonds is 6. The minimum absolute atomic E-state index is 0.272. The Kier molecular flexibility index (Phi) is 4.96. The number of hydrogen-bond donors (Lipinski definition) is 1. The molecule has 1 aromatic rings. The molecule has 19 heavy (non-hydrogen) atoms. The number of aromatic nitrogens is 2. The van der Waals surface area contributed by atoms with E-state index in [1.807, 2.05) is 10.9 Å². The van der Waals surface area contributed by atoms with Gasteiger partial charge in [-0.25, -0.2) is 0 Å². The molecular formula is C14H27N5. The van der Waals surface area contributed by atoms with Gasteiger partial charge in [-0.1, -0.05) is 0 Å². The molecule has 2 unspecified atom stereocenters. The first-order valence-electron chi connectivity index (χ1n) is 7.28. The second-order valence-electron chi connectivity index (χ2n) is 5.60. The maximum Gasteiger partial charge on any atom is 0.0538 e. The van der Waals surface area contributed by atoms with Crippen LogP contribution in [-0.2, 0) is 6.54 Å². The van der Waals surface area contributed by atoms with Gasteiger partial charge in [0, 0.05) is 43.5 Å². The van der Waals surface area contributed by atoms with E-state index in [4.69, 9.17) is 5.73 Å². The van der Waals surface area contributed by atoms with E-state index >= 15 is 0 Å². The molecule has 0 radical (unpaired) electrons. The summed E-state index contributed by atoms with van der Waals surface area (Å²) >= 11 is 0. The van der Waals surface area contributed by atoms with Gasteiger partial charge in [-0.2, -0.15) is 5.10 Å². The van der Waals surface area contributed by atoms with E-state index in [1.165, 1.54) is 24.9 Å². The molecule has 0 amide bonds. The maximum absolute atomic E-state index is 5.97. The molecule has 0 spiro atoms. The van der Waals surface area contributed by atoms with Gasteiger partial charge in [0.2, 0.25) is 0 Å². The molecule has 108 valence electrons. The van der Waals surface area contributed by atoms with Crippen LogP contribution in [0.15, 0.2) is 12.4 Å². The largest absolute Gasteiger partial charge is 0.329 e. The number of hydrogen-bond acceptors (Lipinski definition) is 4. The zero-order valence-corrected chi connectivity index (χ0v) is 12.4. The number of likely N-dealkylation sites (tertiary alicyclic amines) is 1. The van der Waals surface area contributed by atoms with Gasteiger partial charge in [0.25, 0.3) is 0 Å². The van der Waals surface area contributed by atoms with Crippen molar-refractivity contribution in [3.63, 3.8) is 0 Å². The molecule has 0 aromatic carbocycles. The molecule has 1 aliphatic heterocycles. The Morgan fingerprint density at radius 1 is 1.58 bits per heavy atom. The van der Waals surface area contributed by atoms with Gasteiger partial charge < -0.3 is 10.6 Å². The lowest BCUT2D eigenvalue weighted by Gasteiger charge is -2.31. The average Bonchev–Trinajstić information content (AvgIpc) is 3.01. The lowest BCUT2D eigenvalue weighted by molar-refractivity contribution is 0.179. The van der Waals surface area contributed by atoms with Crippen molar-refractivity contribution in [3.8, 4) is 0 Å². The summed E-state index contributed by atoms with van der Waals surface area (Å²) in [5.74, 6) is 0. The van der Waals surface area contributed by atoms with Crippen LogP contribution in [-0.4, -0.2) is 59.4 Å². The van der Waals surface area contributed by atoms with Crippen molar-refractivity contribution in [2.45, 2.75) is 38.4 Å². The first-order chi connectivity index (χ1) is 9.15. The number of nitrogens with zero attached hydrogens (tertiary/aromatic N) is 4. The van der Waals surface area contributed by atoms with Crippen LogP contribution in [0.3, 0.4) is 0 Å². The summed E-state index contributed by atoms with van der Waals surface area (Å²) in [6.45, 7) is 5.95. The molecule has 5 heteroatoms. The van der Waals surface area contributed by atoms with Crippen molar-refractivity contribution >= 4 is 0 Å². The van der Waals surface area contributed by atoms with Crippen molar-refractivity contribution in [2.75, 3.05) is 33.7 Å². The normalized spacial score (nSPS) is 22.3. The van der Waals surface area contributed by atoms with Crippen LogP contribution in [0.2, 0.25) is 0 Å². The Bertz CT molecular complexity index is 389. The lowest BCUT2D eigenvalue weighted by Crippen LogP contribution is -2.40. The second-order valence-corrected chi connectivity index (χ2v) is 5.60. The van der Waals surface area contributed by atoms with E-state index in [0.717, 1.165) is 13.1 Å². The molecule has 1 fully saturated rings. The van der Waals surface area contributed by atoms with Crippen molar-refractivity contribution in [1.82, 2.24) is 19.6 Å². The minimum atomic E-state index is 0.272. The Hall–Kier alpha value is -0.910. The van der Waals surface area contributed by atoms with Gasteiger partial charge >= 0.3 is 0 Å². The highest BCUT2D eigenvalue weighted by Crippen LogP contribution is 2.22. The molecule has 2 N–H and O–H groups in total. The summed E-state index contributed by atoms with van der Waals surface area (Å²) in [7, 11) is 4.39. The van der Waals surface area contributed by atoms with E-state index in [1.54, 1.807) is 0 Å². The Labute approximate surface area is 116 Å². The van der Waals surface area contributed by atoms with Crippen molar-refractivity contribution in [2.24, 2.45) is 5.73 Å². The van der Waals surface area contributed by atoms with Crippen LogP contribution >= 0.6 is 0 Å². The van der Waals surface area contributed by atoms with Crippen molar-refractivity contribution in [3.05, 3.63) is 18.0 Å². The molecule has 0 bridgehead atoms. The van der Waals surface area contributed by atoms with Crippen molar-refractivity contribution < 1.29 is 0 Å². The summed E-state index contributed by atoms with van der Waals surface area (Å²) in [6.07, 6.45) is 6.69. The van der Waals surface area contributed by atoms with E-state index in [0.29, 0.717) is 12.6 Å². The Morgan fingerprint density at radius 2 is 2.37 bits per heavy atom. The Balaban J connectivity index is 1.99. The fourth-order valence-corrected chi connectivity index (χ4v) is 2.96. The average molecular weight is 265 g/mol. The molecule has 0 saturated carbocycles. The predicted molar refractivity (Wildman–Crippen MR) is 78.0 cm³/mol. The van der Waals surface area contributed by atoms with Crippen LogP contribution in [0.1, 0.15) is 31.4 Å². The molecule has 1 aromatic heterocycles. The summed E-state index contributed by atoms with van der Waals surface area (Å²) in [5.41, 5.74) is 7.20. The van der Waals surface area contributed by atoms with Crippen LogP contribution in [0.25, 0.3) is 0 Å². The van der Waals surface area contributed by atoms with Crippen LogP contribution in [0.4, 0.5) is 0 Å². The highest BCUT2D eigenvalue weighted by atomic mass is 15.3. The molecule has 0 aliphatic carbocycles. The molecule has 1 aliphatic rings. The van der Waals surface area contributed by atoms with Gasteiger partial charge in [0.05, 0.1) is 6.20 Å². The zero-order chi connectivity index (χ0) is 13.8. The summed E-state index contributed by atoms with van der Waals surface area (Å²) < 4.78 is 1.97. The van der Waals surface area contributed by atoms with Gasteiger partial charge in [-0.3, -0.25) is 9.58 Å². The summed E-state index contributed by atoms with van der Waals surface area (Å²) in [6, 6.07) is 0.939. The summed E-state index contributed by atoms with van der Waals surface area (Å²) in [5, 5.41) is 4.36. The fourth-order valence-electron chi connectivity index (χ4n) is 2.96. The molecule has 2 atom stereocenters. The standard InChI is InChI=1S/C14H27N5/c1-4-19-10-12(9-16-19)14(8-15)18(3)11-13-6-5-7-17(13)2/h9-10,13-14H,4-8,11,15H2,1-3H3. The third-order valence-corrected chi connectivity index (χ3v) is 4.29. The molecule has 2 rings (SSSR count). The first-order valence-corrected chi connectivity index (χ1v) is 7.28. The van der Waals surface area contributed by atoms with E-state index < -0.39 is 0 Å². The zero-order valence-electron chi connectivity index (χ0n) is 12.4. The van der Waals surface area contributed by atoms with Gasteiger partial charge in [-0.05, 0) is 40.4 Å². The number of aryl methyl sites for hydroxylation is 1. The Morgan fingerprint density at radius 3 is 2.89 bits per heavy atom. The minimum Gasteiger partial charge on any atom is -0.329 e. The fraction of sp³-hybridized carbons (Fsp3) is 0.786. The monoisotopic (exact) mass is 265 g/mol. The van der Waals surface area contributed by atoms with E-state index in [-0.39, 0.29) is 6.04 Å².